The second-order valence-corrected chi connectivity index (χ2v) is 8.87. The average Bonchev–Trinajstić information content (AvgIpc) is 2.87. The Balaban J connectivity index is 1.71. The largest absolute Gasteiger partial charge is 0.350 e. The number of nitrogens with one attached hydrogen (secondary N) is 1. The number of carbonyl (C=O) groups is 2. The standard InChI is InChI=1S/C29H32N2O2/c1-22-13-11-12-20-26(22)29(33)31(25-18-9-4-10-19-25)27(24-16-7-3-8-17-24)28(32)30-21-23-14-5-2-6-15-23/h2,4-6,9-15,18-20,24,27H,3,7-8,16-17,21H2,1H3,(H,30,32). The van der Waals surface area contributed by atoms with Crippen molar-refractivity contribution in [3.63, 3.8) is 0 Å². The topological polar surface area (TPSA) is 49.4 Å². The lowest BCUT2D eigenvalue weighted by Crippen LogP contribution is -2.54. The summed E-state index contributed by atoms with van der Waals surface area (Å²) in [6, 6.07) is 26.6. The Morgan fingerprint density at radius 1 is 0.848 bits per heavy atom. The zero-order chi connectivity index (χ0) is 23.0. The van der Waals surface area contributed by atoms with E-state index in [1.807, 2.05) is 91.9 Å². The molecule has 1 N–H and O–H groups in total. The molecule has 1 aliphatic carbocycles. The van der Waals surface area contributed by atoms with Gasteiger partial charge in [0.1, 0.15) is 6.04 Å². The molecule has 1 saturated carbocycles. The summed E-state index contributed by atoms with van der Waals surface area (Å²) >= 11 is 0. The second kappa shape index (κ2) is 11.0. The first-order valence-corrected chi connectivity index (χ1v) is 11.9. The van der Waals surface area contributed by atoms with Gasteiger partial charge in [0.05, 0.1) is 0 Å². The summed E-state index contributed by atoms with van der Waals surface area (Å²) < 4.78 is 0. The van der Waals surface area contributed by atoms with Crippen LogP contribution in [0.25, 0.3) is 0 Å². The molecule has 0 heterocycles. The zero-order valence-corrected chi connectivity index (χ0v) is 19.2. The van der Waals surface area contributed by atoms with E-state index < -0.39 is 6.04 Å². The first-order chi connectivity index (χ1) is 16.1. The van der Waals surface area contributed by atoms with Crippen LogP contribution in [0.15, 0.2) is 84.9 Å². The van der Waals surface area contributed by atoms with Crippen LogP contribution in [0, 0.1) is 12.8 Å². The quantitative estimate of drug-likeness (QED) is 0.497. The highest BCUT2D eigenvalue weighted by Gasteiger charge is 2.38. The highest BCUT2D eigenvalue weighted by Crippen LogP contribution is 2.33. The molecular formula is C29H32N2O2. The molecule has 0 saturated heterocycles. The fourth-order valence-corrected chi connectivity index (χ4v) is 4.82. The fourth-order valence-electron chi connectivity index (χ4n) is 4.82. The maximum atomic E-state index is 14.0. The van der Waals surface area contributed by atoms with Crippen molar-refractivity contribution in [1.82, 2.24) is 5.32 Å². The number of carbonyl (C=O) groups excluding carboxylic acids is 2. The minimum absolute atomic E-state index is 0.0865. The van der Waals surface area contributed by atoms with Gasteiger partial charge >= 0.3 is 0 Å². The van der Waals surface area contributed by atoms with Crippen LogP contribution in [0.3, 0.4) is 0 Å². The van der Waals surface area contributed by atoms with Crippen molar-refractivity contribution in [2.75, 3.05) is 4.90 Å². The molecule has 4 heteroatoms. The van der Waals surface area contributed by atoms with Crippen LogP contribution in [0.4, 0.5) is 5.69 Å². The highest BCUT2D eigenvalue weighted by molar-refractivity contribution is 6.10. The molecule has 0 spiro atoms. The number of anilines is 1. The number of nitrogens with zero attached hydrogens (tertiary/aromatic N) is 1. The molecule has 0 bridgehead atoms. The predicted molar refractivity (Wildman–Crippen MR) is 133 cm³/mol. The van der Waals surface area contributed by atoms with E-state index in [2.05, 4.69) is 5.32 Å². The zero-order valence-electron chi connectivity index (χ0n) is 19.2. The monoisotopic (exact) mass is 440 g/mol. The fraction of sp³-hybridized carbons (Fsp3) is 0.310. The first-order valence-electron chi connectivity index (χ1n) is 11.9. The molecule has 2 amide bonds. The molecule has 0 aliphatic heterocycles. The Morgan fingerprint density at radius 3 is 2.12 bits per heavy atom. The highest BCUT2D eigenvalue weighted by atomic mass is 16.2. The Kier molecular flexibility index (Phi) is 7.56. The number of aryl methyl sites for hydroxylation is 1. The molecule has 1 atom stereocenters. The van der Waals surface area contributed by atoms with Crippen LogP contribution in [0.1, 0.15) is 53.6 Å². The predicted octanol–water partition coefficient (Wildman–Crippen LogP) is 5.91. The van der Waals surface area contributed by atoms with Gasteiger partial charge in [-0.2, -0.15) is 0 Å². The summed E-state index contributed by atoms with van der Waals surface area (Å²) in [5.41, 5.74) is 3.36. The first kappa shape index (κ1) is 22.8. The van der Waals surface area contributed by atoms with E-state index in [9.17, 15) is 9.59 Å². The SMILES string of the molecule is Cc1ccccc1C(=O)N(c1ccccc1)C(C(=O)NCc1ccccc1)C1CCCCC1. The molecule has 4 rings (SSSR count). The number of amides is 2. The third kappa shape index (κ3) is 5.51. The van der Waals surface area contributed by atoms with E-state index in [-0.39, 0.29) is 17.7 Å². The Bertz CT molecular complexity index is 1060. The summed E-state index contributed by atoms with van der Waals surface area (Å²) in [6.07, 6.45) is 5.27. The van der Waals surface area contributed by atoms with Crippen LogP contribution >= 0.6 is 0 Å². The number of benzene rings is 3. The van der Waals surface area contributed by atoms with Crippen molar-refractivity contribution < 1.29 is 9.59 Å². The van der Waals surface area contributed by atoms with E-state index in [1.165, 1.54) is 6.42 Å². The van der Waals surface area contributed by atoms with E-state index in [1.54, 1.807) is 4.90 Å². The minimum atomic E-state index is -0.552. The average molecular weight is 441 g/mol. The summed E-state index contributed by atoms with van der Waals surface area (Å²) in [5, 5.41) is 3.13. The normalized spacial score (nSPS) is 14.9. The van der Waals surface area contributed by atoms with Crippen molar-refractivity contribution in [1.29, 1.82) is 0 Å². The van der Waals surface area contributed by atoms with E-state index in [4.69, 9.17) is 0 Å². The van der Waals surface area contributed by atoms with Gasteiger partial charge in [-0.05, 0) is 55.0 Å². The van der Waals surface area contributed by atoms with Gasteiger partial charge in [0.2, 0.25) is 5.91 Å². The van der Waals surface area contributed by atoms with Crippen molar-refractivity contribution in [2.45, 2.75) is 51.6 Å². The van der Waals surface area contributed by atoms with Gasteiger partial charge in [-0.15, -0.1) is 0 Å². The van der Waals surface area contributed by atoms with Crippen LogP contribution in [-0.2, 0) is 11.3 Å². The number of para-hydroxylation sites is 1. The Morgan fingerprint density at radius 2 is 1.45 bits per heavy atom. The lowest BCUT2D eigenvalue weighted by molar-refractivity contribution is -0.124. The molecule has 4 nitrogen and oxygen atoms in total. The van der Waals surface area contributed by atoms with Crippen molar-refractivity contribution in [2.24, 2.45) is 5.92 Å². The maximum absolute atomic E-state index is 14.0. The molecule has 3 aromatic carbocycles. The van der Waals surface area contributed by atoms with Gasteiger partial charge in [-0.25, -0.2) is 0 Å². The Hall–Kier alpha value is -3.40. The van der Waals surface area contributed by atoms with E-state index in [0.29, 0.717) is 12.1 Å². The lowest BCUT2D eigenvalue weighted by atomic mass is 9.82. The minimum Gasteiger partial charge on any atom is -0.350 e. The van der Waals surface area contributed by atoms with Crippen LogP contribution in [0.2, 0.25) is 0 Å². The van der Waals surface area contributed by atoms with Gasteiger partial charge in [-0.3, -0.25) is 14.5 Å². The van der Waals surface area contributed by atoms with E-state index >= 15 is 0 Å². The van der Waals surface area contributed by atoms with Crippen LogP contribution in [-0.4, -0.2) is 17.9 Å². The van der Waals surface area contributed by atoms with Crippen LogP contribution < -0.4 is 10.2 Å². The summed E-state index contributed by atoms with van der Waals surface area (Å²) in [7, 11) is 0. The molecule has 170 valence electrons. The Labute approximate surface area is 196 Å². The van der Waals surface area contributed by atoms with Crippen molar-refractivity contribution in [3.05, 3.63) is 102 Å². The molecule has 1 unspecified atom stereocenters. The van der Waals surface area contributed by atoms with Crippen molar-refractivity contribution >= 4 is 17.5 Å². The maximum Gasteiger partial charge on any atom is 0.259 e. The molecule has 1 fully saturated rings. The second-order valence-electron chi connectivity index (χ2n) is 8.87. The summed E-state index contributed by atoms with van der Waals surface area (Å²) in [4.78, 5) is 29.5. The molecule has 0 radical (unpaired) electrons. The smallest absolute Gasteiger partial charge is 0.259 e. The third-order valence-corrected chi connectivity index (χ3v) is 6.58. The van der Waals surface area contributed by atoms with Gasteiger partial charge in [0, 0.05) is 17.8 Å². The molecule has 0 aromatic heterocycles. The third-order valence-electron chi connectivity index (χ3n) is 6.58. The van der Waals surface area contributed by atoms with Gasteiger partial charge in [0.25, 0.3) is 5.91 Å². The van der Waals surface area contributed by atoms with Crippen LogP contribution in [0.5, 0.6) is 0 Å². The molecule has 3 aromatic rings. The van der Waals surface area contributed by atoms with E-state index in [0.717, 1.165) is 42.5 Å². The molecule has 33 heavy (non-hydrogen) atoms. The molecule has 1 aliphatic rings. The van der Waals surface area contributed by atoms with Gasteiger partial charge in [-0.1, -0.05) is 86.0 Å². The number of hydrogen-bond donors (Lipinski definition) is 1. The number of rotatable bonds is 7. The summed E-state index contributed by atoms with van der Waals surface area (Å²) in [6.45, 7) is 2.39. The molecular weight excluding hydrogens is 408 g/mol. The van der Waals surface area contributed by atoms with Gasteiger partial charge < -0.3 is 5.32 Å². The summed E-state index contributed by atoms with van der Waals surface area (Å²) in [5.74, 6) is -0.0797. The lowest BCUT2D eigenvalue weighted by Gasteiger charge is -2.38. The van der Waals surface area contributed by atoms with Gasteiger partial charge in [0.15, 0.2) is 0 Å². The number of hydrogen-bond acceptors (Lipinski definition) is 2. The van der Waals surface area contributed by atoms with Crippen molar-refractivity contribution in [3.8, 4) is 0 Å².